The number of carbonyl (C=O) groups is 2. The van der Waals surface area contributed by atoms with Gasteiger partial charge in [-0.2, -0.15) is 0 Å². The van der Waals surface area contributed by atoms with Crippen molar-refractivity contribution in [1.29, 1.82) is 0 Å². The van der Waals surface area contributed by atoms with E-state index >= 15 is 0 Å². The van der Waals surface area contributed by atoms with Crippen LogP contribution in [0.4, 0.5) is 0 Å². The third-order valence-electron chi connectivity index (χ3n) is 3.68. The van der Waals surface area contributed by atoms with Gasteiger partial charge in [-0.25, -0.2) is 0 Å². The third kappa shape index (κ3) is 3.70. The normalized spacial score (nSPS) is 22.8. The van der Waals surface area contributed by atoms with Gasteiger partial charge >= 0.3 is 0 Å². The van der Waals surface area contributed by atoms with Crippen LogP contribution in [0, 0.1) is 11.8 Å². The summed E-state index contributed by atoms with van der Waals surface area (Å²) in [5.74, 6) is 0.317. The molecule has 18 heavy (non-hydrogen) atoms. The first kappa shape index (κ1) is 15.0. The van der Waals surface area contributed by atoms with Crippen LogP contribution in [0.15, 0.2) is 0 Å². The molecule has 0 spiro atoms. The predicted molar refractivity (Wildman–Crippen MR) is 70.8 cm³/mol. The van der Waals surface area contributed by atoms with Crippen molar-refractivity contribution in [3.8, 4) is 0 Å². The van der Waals surface area contributed by atoms with Crippen LogP contribution in [0.25, 0.3) is 0 Å². The van der Waals surface area contributed by atoms with Crippen LogP contribution in [-0.2, 0) is 9.59 Å². The Morgan fingerprint density at radius 2 is 2.06 bits per heavy atom. The lowest BCUT2D eigenvalue weighted by molar-refractivity contribution is -0.140. The molecule has 2 amide bonds. The molecule has 0 unspecified atom stereocenters. The number of likely N-dealkylation sites (N-methyl/N-ethyl adjacent to an activating group) is 2. The Morgan fingerprint density at radius 1 is 1.33 bits per heavy atom. The van der Waals surface area contributed by atoms with Gasteiger partial charge in [0.1, 0.15) is 0 Å². The molecule has 1 rings (SSSR count). The van der Waals surface area contributed by atoms with Crippen LogP contribution in [0.5, 0.6) is 0 Å². The van der Waals surface area contributed by atoms with Crippen molar-refractivity contribution in [2.24, 2.45) is 17.6 Å². The van der Waals surface area contributed by atoms with Gasteiger partial charge in [-0.05, 0) is 39.2 Å². The highest BCUT2D eigenvalue weighted by Gasteiger charge is 2.34. The Balaban J connectivity index is 2.58. The molecule has 1 aliphatic rings. The minimum Gasteiger partial charge on any atom is -0.355 e. The van der Waals surface area contributed by atoms with Gasteiger partial charge in [0.2, 0.25) is 11.8 Å². The molecule has 1 fully saturated rings. The second-order valence-corrected chi connectivity index (χ2v) is 4.84. The fraction of sp³-hybridized carbons (Fsp3) is 0.846. The second-order valence-electron chi connectivity index (χ2n) is 4.84. The Kier molecular flexibility index (Phi) is 6.12. The zero-order chi connectivity index (χ0) is 13.5. The molecule has 0 aromatic rings. The summed E-state index contributed by atoms with van der Waals surface area (Å²) in [7, 11) is 0. The van der Waals surface area contributed by atoms with E-state index in [1.165, 1.54) is 0 Å². The molecule has 0 aromatic heterocycles. The van der Waals surface area contributed by atoms with E-state index in [2.05, 4.69) is 5.32 Å². The lowest BCUT2D eigenvalue weighted by Gasteiger charge is -2.26. The maximum Gasteiger partial charge on any atom is 0.239 e. The van der Waals surface area contributed by atoms with Crippen molar-refractivity contribution in [3.05, 3.63) is 0 Å². The highest BCUT2D eigenvalue weighted by Crippen LogP contribution is 2.32. The highest BCUT2D eigenvalue weighted by atomic mass is 16.2. The Labute approximate surface area is 109 Å². The molecule has 0 heterocycles. The van der Waals surface area contributed by atoms with Crippen LogP contribution in [-0.4, -0.2) is 42.9 Å². The molecule has 5 heteroatoms. The SMILES string of the molecule is CCNC(=O)CN(CC)C(=O)[C@@H]1CCC[C@@H]1CN. The first-order valence-corrected chi connectivity index (χ1v) is 6.89. The first-order valence-electron chi connectivity index (χ1n) is 6.89. The lowest BCUT2D eigenvalue weighted by Crippen LogP contribution is -2.44. The van der Waals surface area contributed by atoms with Crippen molar-refractivity contribution < 1.29 is 9.59 Å². The minimum absolute atomic E-state index is 0.0179. The summed E-state index contributed by atoms with van der Waals surface area (Å²) in [4.78, 5) is 25.6. The molecule has 0 aromatic carbocycles. The molecule has 3 N–H and O–H groups in total. The summed E-state index contributed by atoms with van der Waals surface area (Å²) in [6.45, 7) is 5.68. The smallest absolute Gasteiger partial charge is 0.239 e. The van der Waals surface area contributed by atoms with Crippen LogP contribution in [0.3, 0.4) is 0 Å². The van der Waals surface area contributed by atoms with Crippen LogP contribution in [0.2, 0.25) is 0 Å². The van der Waals surface area contributed by atoms with Crippen LogP contribution < -0.4 is 11.1 Å². The molecule has 0 saturated heterocycles. The van der Waals surface area contributed by atoms with Crippen molar-refractivity contribution in [2.45, 2.75) is 33.1 Å². The van der Waals surface area contributed by atoms with Gasteiger partial charge < -0.3 is 16.0 Å². The first-order chi connectivity index (χ1) is 8.63. The number of carbonyl (C=O) groups excluding carboxylic acids is 2. The highest BCUT2D eigenvalue weighted by molar-refractivity contribution is 5.86. The quantitative estimate of drug-likeness (QED) is 0.719. The van der Waals surface area contributed by atoms with Gasteiger partial charge in [0.25, 0.3) is 0 Å². The van der Waals surface area contributed by atoms with Gasteiger partial charge in [-0.1, -0.05) is 6.42 Å². The number of nitrogens with zero attached hydrogens (tertiary/aromatic N) is 1. The van der Waals surface area contributed by atoms with Crippen molar-refractivity contribution >= 4 is 11.8 Å². The summed E-state index contributed by atoms with van der Waals surface area (Å²) in [5, 5.41) is 2.72. The molecule has 5 nitrogen and oxygen atoms in total. The summed E-state index contributed by atoms with van der Waals surface area (Å²) in [6.07, 6.45) is 3.01. The van der Waals surface area contributed by atoms with Crippen molar-refractivity contribution in [3.63, 3.8) is 0 Å². The molecule has 1 aliphatic carbocycles. The van der Waals surface area contributed by atoms with Gasteiger partial charge in [0, 0.05) is 19.0 Å². The number of nitrogens with one attached hydrogen (secondary N) is 1. The summed E-state index contributed by atoms with van der Waals surface area (Å²) >= 11 is 0. The predicted octanol–water partition coefficient (Wildman–Crippen LogP) is 0.346. The van der Waals surface area contributed by atoms with Gasteiger partial charge in [0.05, 0.1) is 6.54 Å². The fourth-order valence-electron chi connectivity index (χ4n) is 2.65. The largest absolute Gasteiger partial charge is 0.355 e. The van der Waals surface area contributed by atoms with E-state index in [4.69, 9.17) is 5.73 Å². The van der Waals surface area contributed by atoms with E-state index in [1.54, 1.807) is 4.90 Å². The third-order valence-corrected chi connectivity index (χ3v) is 3.68. The second kappa shape index (κ2) is 7.36. The number of nitrogens with two attached hydrogens (primary N) is 1. The summed E-state index contributed by atoms with van der Waals surface area (Å²) in [6, 6.07) is 0. The fourth-order valence-corrected chi connectivity index (χ4v) is 2.65. The summed E-state index contributed by atoms with van der Waals surface area (Å²) in [5.41, 5.74) is 5.70. The van der Waals surface area contributed by atoms with E-state index in [-0.39, 0.29) is 24.3 Å². The number of hydrogen-bond acceptors (Lipinski definition) is 3. The minimum atomic E-state index is -0.0880. The molecule has 0 bridgehead atoms. The molecule has 2 atom stereocenters. The summed E-state index contributed by atoms with van der Waals surface area (Å²) < 4.78 is 0. The average molecular weight is 255 g/mol. The Hall–Kier alpha value is -1.10. The maximum absolute atomic E-state index is 12.4. The molecular weight excluding hydrogens is 230 g/mol. The van der Waals surface area contributed by atoms with Crippen molar-refractivity contribution in [2.75, 3.05) is 26.2 Å². The molecule has 1 saturated carbocycles. The van der Waals surface area contributed by atoms with Gasteiger partial charge in [-0.3, -0.25) is 9.59 Å². The van der Waals surface area contributed by atoms with E-state index in [1.807, 2.05) is 13.8 Å². The zero-order valence-corrected chi connectivity index (χ0v) is 11.4. The van der Waals surface area contributed by atoms with E-state index in [9.17, 15) is 9.59 Å². The van der Waals surface area contributed by atoms with Gasteiger partial charge in [0.15, 0.2) is 0 Å². The molecule has 0 radical (unpaired) electrons. The van der Waals surface area contributed by atoms with Crippen LogP contribution >= 0.6 is 0 Å². The number of hydrogen-bond donors (Lipinski definition) is 2. The standard InChI is InChI=1S/C13H25N3O2/c1-3-15-12(17)9-16(4-2)13(18)11-7-5-6-10(11)8-14/h10-11H,3-9,14H2,1-2H3,(H,15,17)/t10-,11-/m1/s1. The van der Waals surface area contributed by atoms with Crippen molar-refractivity contribution in [1.82, 2.24) is 10.2 Å². The maximum atomic E-state index is 12.4. The Morgan fingerprint density at radius 3 is 2.61 bits per heavy atom. The van der Waals surface area contributed by atoms with E-state index in [0.717, 1.165) is 19.3 Å². The number of amides is 2. The molecular formula is C13H25N3O2. The van der Waals surface area contributed by atoms with E-state index in [0.29, 0.717) is 25.6 Å². The average Bonchev–Trinajstić information content (AvgIpc) is 2.83. The van der Waals surface area contributed by atoms with E-state index < -0.39 is 0 Å². The van der Waals surface area contributed by atoms with Gasteiger partial charge in [-0.15, -0.1) is 0 Å². The molecule has 0 aliphatic heterocycles. The topological polar surface area (TPSA) is 75.4 Å². The lowest BCUT2D eigenvalue weighted by atomic mass is 9.94. The number of rotatable bonds is 6. The monoisotopic (exact) mass is 255 g/mol. The zero-order valence-electron chi connectivity index (χ0n) is 11.4. The van der Waals surface area contributed by atoms with Crippen LogP contribution in [0.1, 0.15) is 33.1 Å². The molecule has 104 valence electrons. The Bertz CT molecular complexity index is 294.